The minimum absolute atomic E-state index is 0.535. The summed E-state index contributed by atoms with van der Waals surface area (Å²) in [5.41, 5.74) is 2.18. The largest absolute Gasteiger partial charge is 0.457 e. The van der Waals surface area contributed by atoms with Crippen LogP contribution >= 0.6 is 23.2 Å². The normalized spacial score (nSPS) is 11.8. The maximum Gasteiger partial charge on any atom is 0.134 e. The monoisotopic (exact) mass is 280 g/mol. The Labute approximate surface area is 117 Å². The van der Waals surface area contributed by atoms with Gasteiger partial charge in [0.05, 0.1) is 0 Å². The molecule has 0 fully saturated rings. The Kier molecular flexibility index (Phi) is 4.51. The van der Waals surface area contributed by atoms with Gasteiger partial charge in [-0.3, -0.25) is 0 Å². The topological polar surface area (TPSA) is 13.1 Å². The lowest BCUT2D eigenvalue weighted by atomic mass is 10.2. The van der Waals surface area contributed by atoms with Crippen LogP contribution in [0.15, 0.2) is 46.4 Å². The number of halogens is 2. The smallest absolute Gasteiger partial charge is 0.134 e. The second-order valence-electron chi connectivity index (χ2n) is 4.00. The first kappa shape index (κ1) is 13.3. The molecule has 0 aliphatic carbocycles. The summed E-state index contributed by atoms with van der Waals surface area (Å²) < 4.78 is 5.77. The molecule has 94 valence electrons. The van der Waals surface area contributed by atoms with Gasteiger partial charge in [0.2, 0.25) is 0 Å². The van der Waals surface area contributed by atoms with Crippen molar-refractivity contribution in [3.63, 3.8) is 0 Å². The number of benzene rings is 1. The summed E-state index contributed by atoms with van der Waals surface area (Å²) in [6.45, 7) is 2.08. The number of alkyl halides is 1. The van der Waals surface area contributed by atoms with Crippen molar-refractivity contribution in [3.05, 3.63) is 52.8 Å². The average Bonchev–Trinajstić information content (AvgIpc) is 2.85. The van der Waals surface area contributed by atoms with Crippen molar-refractivity contribution >= 4 is 29.3 Å². The van der Waals surface area contributed by atoms with Crippen molar-refractivity contribution < 1.29 is 4.42 Å². The van der Waals surface area contributed by atoms with Crippen LogP contribution in [-0.2, 0) is 0 Å². The molecular weight excluding hydrogens is 267 g/mol. The van der Waals surface area contributed by atoms with Crippen LogP contribution in [0.4, 0.5) is 0 Å². The molecule has 0 saturated heterocycles. The molecule has 0 aliphatic heterocycles. The summed E-state index contributed by atoms with van der Waals surface area (Å²) in [7, 11) is 0. The molecule has 1 heterocycles. The van der Waals surface area contributed by atoms with E-state index >= 15 is 0 Å². The maximum absolute atomic E-state index is 5.86. The molecule has 3 heteroatoms. The number of rotatable bonds is 4. The molecule has 0 atom stereocenters. The van der Waals surface area contributed by atoms with E-state index in [1.54, 1.807) is 0 Å². The van der Waals surface area contributed by atoms with Gasteiger partial charge in [0.1, 0.15) is 11.5 Å². The van der Waals surface area contributed by atoms with Crippen LogP contribution in [0.3, 0.4) is 0 Å². The van der Waals surface area contributed by atoms with Gasteiger partial charge in [0.15, 0.2) is 0 Å². The third-order valence-electron chi connectivity index (χ3n) is 2.73. The van der Waals surface area contributed by atoms with Gasteiger partial charge in [0, 0.05) is 16.5 Å². The molecule has 0 aliphatic rings. The van der Waals surface area contributed by atoms with E-state index in [0.29, 0.717) is 5.88 Å². The summed E-state index contributed by atoms with van der Waals surface area (Å²) in [5, 5.41) is 0.723. The Morgan fingerprint density at radius 1 is 1.17 bits per heavy atom. The van der Waals surface area contributed by atoms with Crippen LogP contribution in [0.5, 0.6) is 0 Å². The van der Waals surface area contributed by atoms with Crippen LogP contribution in [0, 0.1) is 0 Å². The molecule has 1 nitrogen and oxygen atoms in total. The van der Waals surface area contributed by atoms with Gasteiger partial charge in [-0.1, -0.05) is 24.1 Å². The zero-order valence-electron chi connectivity index (χ0n) is 10.1. The summed E-state index contributed by atoms with van der Waals surface area (Å²) in [6.07, 6.45) is 2.92. The lowest BCUT2D eigenvalue weighted by Gasteiger charge is -1.98. The Morgan fingerprint density at radius 2 is 1.89 bits per heavy atom. The Morgan fingerprint density at radius 3 is 2.50 bits per heavy atom. The van der Waals surface area contributed by atoms with Gasteiger partial charge in [-0.25, -0.2) is 0 Å². The van der Waals surface area contributed by atoms with Crippen LogP contribution in [0.1, 0.15) is 19.1 Å². The average molecular weight is 281 g/mol. The number of furan rings is 1. The third kappa shape index (κ3) is 3.18. The first-order valence-corrected chi connectivity index (χ1v) is 6.75. The predicted octanol–water partition coefficient (Wildman–Crippen LogP) is 5.63. The summed E-state index contributed by atoms with van der Waals surface area (Å²) in [4.78, 5) is 0. The quantitative estimate of drug-likeness (QED) is 0.662. The first-order chi connectivity index (χ1) is 8.72. The highest BCUT2D eigenvalue weighted by atomic mass is 35.5. The van der Waals surface area contributed by atoms with Gasteiger partial charge >= 0.3 is 0 Å². The van der Waals surface area contributed by atoms with E-state index in [4.69, 9.17) is 27.6 Å². The predicted molar refractivity (Wildman–Crippen MR) is 78.1 cm³/mol. The van der Waals surface area contributed by atoms with Crippen molar-refractivity contribution in [2.24, 2.45) is 0 Å². The third-order valence-corrected chi connectivity index (χ3v) is 3.32. The summed E-state index contributed by atoms with van der Waals surface area (Å²) in [6, 6.07) is 11.5. The summed E-state index contributed by atoms with van der Waals surface area (Å²) >= 11 is 11.7. The fourth-order valence-electron chi connectivity index (χ4n) is 1.64. The van der Waals surface area contributed by atoms with Crippen LogP contribution < -0.4 is 0 Å². The standard InChI is InChI=1S/C15H14Cl2O/c1-2-11(10-16)9-14-7-8-15(18-14)12-3-5-13(17)6-4-12/h3-9H,2,10H2,1H3. The molecule has 0 unspecified atom stereocenters. The van der Waals surface area contributed by atoms with E-state index in [9.17, 15) is 0 Å². The maximum atomic E-state index is 5.86. The van der Waals surface area contributed by atoms with Crippen LogP contribution in [-0.4, -0.2) is 5.88 Å². The Bertz CT molecular complexity index is 532. The van der Waals surface area contributed by atoms with Gasteiger partial charge < -0.3 is 4.42 Å². The first-order valence-electron chi connectivity index (χ1n) is 5.84. The van der Waals surface area contributed by atoms with Crippen molar-refractivity contribution in [1.82, 2.24) is 0 Å². The molecule has 18 heavy (non-hydrogen) atoms. The Hall–Kier alpha value is -1.18. The van der Waals surface area contributed by atoms with E-state index in [2.05, 4.69) is 6.92 Å². The number of hydrogen-bond acceptors (Lipinski definition) is 1. The molecule has 0 N–H and O–H groups in total. The lowest BCUT2D eigenvalue weighted by Crippen LogP contribution is -1.80. The molecular formula is C15H14Cl2O. The van der Waals surface area contributed by atoms with Crippen molar-refractivity contribution in [2.45, 2.75) is 13.3 Å². The zero-order valence-corrected chi connectivity index (χ0v) is 11.6. The minimum atomic E-state index is 0.535. The minimum Gasteiger partial charge on any atom is -0.457 e. The van der Waals surface area contributed by atoms with Crippen molar-refractivity contribution in [3.8, 4) is 11.3 Å². The van der Waals surface area contributed by atoms with Crippen molar-refractivity contribution in [1.29, 1.82) is 0 Å². The molecule has 1 aromatic carbocycles. The van der Waals surface area contributed by atoms with E-state index in [1.165, 1.54) is 0 Å². The van der Waals surface area contributed by atoms with E-state index in [-0.39, 0.29) is 0 Å². The van der Waals surface area contributed by atoms with Gasteiger partial charge in [-0.05, 0) is 48.9 Å². The van der Waals surface area contributed by atoms with Crippen LogP contribution in [0.25, 0.3) is 17.4 Å². The highest BCUT2D eigenvalue weighted by Crippen LogP contribution is 2.25. The zero-order chi connectivity index (χ0) is 13.0. The van der Waals surface area contributed by atoms with E-state index < -0.39 is 0 Å². The van der Waals surface area contributed by atoms with E-state index in [0.717, 1.165) is 34.1 Å². The molecule has 2 rings (SSSR count). The number of hydrogen-bond donors (Lipinski definition) is 0. The highest BCUT2D eigenvalue weighted by molar-refractivity contribution is 6.30. The van der Waals surface area contributed by atoms with E-state index in [1.807, 2.05) is 42.5 Å². The highest BCUT2D eigenvalue weighted by Gasteiger charge is 2.04. The lowest BCUT2D eigenvalue weighted by molar-refractivity contribution is 0.571. The van der Waals surface area contributed by atoms with Gasteiger partial charge in [0.25, 0.3) is 0 Å². The Balaban J connectivity index is 2.25. The molecule has 0 bridgehead atoms. The second-order valence-corrected chi connectivity index (χ2v) is 4.70. The van der Waals surface area contributed by atoms with Gasteiger partial charge in [-0.2, -0.15) is 0 Å². The number of allylic oxidation sites excluding steroid dienone is 1. The van der Waals surface area contributed by atoms with Gasteiger partial charge in [-0.15, -0.1) is 11.6 Å². The fourth-order valence-corrected chi connectivity index (χ4v) is 2.03. The molecule has 0 spiro atoms. The second kappa shape index (κ2) is 6.12. The summed E-state index contributed by atoms with van der Waals surface area (Å²) in [5.74, 6) is 2.20. The molecule has 0 radical (unpaired) electrons. The molecule has 1 aromatic heterocycles. The fraction of sp³-hybridized carbons (Fsp3) is 0.200. The molecule has 2 aromatic rings. The molecule has 0 saturated carbocycles. The van der Waals surface area contributed by atoms with Crippen LogP contribution in [0.2, 0.25) is 5.02 Å². The van der Waals surface area contributed by atoms with Crippen molar-refractivity contribution in [2.75, 3.05) is 5.88 Å². The molecule has 0 amide bonds. The SMILES string of the molecule is CCC(=Cc1ccc(-c2ccc(Cl)cc2)o1)CCl.